The molecule has 4 heterocycles. The molecular weight excluding hydrogens is 694 g/mol. The number of nitrogens with one attached hydrogen (secondary N) is 3. The van der Waals surface area contributed by atoms with E-state index in [1.165, 1.54) is 12.3 Å². The van der Waals surface area contributed by atoms with Crippen LogP contribution in [0.25, 0.3) is 0 Å². The average molecular weight is 737 g/mol. The fourth-order valence-electron chi connectivity index (χ4n) is 6.25. The number of anilines is 6. The predicted molar refractivity (Wildman–Crippen MR) is 199 cm³/mol. The van der Waals surface area contributed by atoms with Crippen molar-refractivity contribution in [1.29, 1.82) is 0 Å². The first-order chi connectivity index (χ1) is 24.9. The molecule has 2 aliphatic rings. The molecule has 2 fully saturated rings. The van der Waals surface area contributed by atoms with E-state index in [9.17, 15) is 22.8 Å². The van der Waals surface area contributed by atoms with Crippen LogP contribution in [-0.4, -0.2) is 102 Å². The van der Waals surface area contributed by atoms with Crippen molar-refractivity contribution in [3.05, 3.63) is 76.1 Å². The maximum Gasteiger partial charge on any atom is 0.416 e. The summed E-state index contributed by atoms with van der Waals surface area (Å²) in [6.45, 7) is 16.0. The Labute approximate surface area is 305 Å². The van der Waals surface area contributed by atoms with Crippen LogP contribution in [0.5, 0.6) is 0 Å². The van der Waals surface area contributed by atoms with Crippen molar-refractivity contribution >= 4 is 57.0 Å². The quantitative estimate of drug-likeness (QED) is 0.176. The van der Waals surface area contributed by atoms with Gasteiger partial charge in [0.25, 0.3) is 11.8 Å². The number of benzene rings is 2. The van der Waals surface area contributed by atoms with Gasteiger partial charge in [0, 0.05) is 81.1 Å². The molecule has 4 aromatic rings. The van der Waals surface area contributed by atoms with E-state index in [1.807, 2.05) is 24.8 Å². The minimum Gasteiger partial charge on any atom is -0.369 e. The number of carbonyl (C=O) groups excluding carboxylic acids is 2. The van der Waals surface area contributed by atoms with Crippen LogP contribution in [0.15, 0.2) is 48.7 Å². The first kappa shape index (κ1) is 37.0. The van der Waals surface area contributed by atoms with Crippen LogP contribution in [0.2, 0.25) is 0 Å². The zero-order valence-corrected chi connectivity index (χ0v) is 30.5. The van der Waals surface area contributed by atoms with E-state index >= 15 is 0 Å². The van der Waals surface area contributed by atoms with Crippen molar-refractivity contribution in [2.45, 2.75) is 33.9 Å². The number of rotatable bonds is 10. The van der Waals surface area contributed by atoms with Crippen LogP contribution in [0.1, 0.15) is 50.8 Å². The third-order valence-electron chi connectivity index (χ3n) is 9.37. The van der Waals surface area contributed by atoms with Gasteiger partial charge in [0.1, 0.15) is 22.3 Å². The summed E-state index contributed by atoms with van der Waals surface area (Å²) in [6.07, 6.45) is -3.15. The molecule has 6 rings (SSSR count). The van der Waals surface area contributed by atoms with E-state index in [0.717, 1.165) is 87.2 Å². The first-order valence-electron chi connectivity index (χ1n) is 17.4. The number of halogens is 3. The number of aromatic nitrogens is 3. The number of aryl methyl sites for hydroxylation is 2. The molecule has 2 aliphatic heterocycles. The Kier molecular flexibility index (Phi) is 11.3. The normalized spacial score (nSPS) is 15.8. The summed E-state index contributed by atoms with van der Waals surface area (Å²) in [5.41, 5.74) is 0.840. The fraction of sp³-hybridized carbons (Fsp3) is 0.417. The Morgan fingerprint density at radius 3 is 2.13 bits per heavy atom. The average Bonchev–Trinajstić information content (AvgIpc) is 3.61. The van der Waals surface area contributed by atoms with Gasteiger partial charge >= 0.3 is 6.18 Å². The molecule has 2 aromatic heterocycles. The number of likely N-dealkylation sites (N-methyl/N-ethyl adjacent to an activating group) is 2. The zero-order valence-electron chi connectivity index (χ0n) is 29.7. The van der Waals surface area contributed by atoms with Gasteiger partial charge in [0.15, 0.2) is 5.13 Å². The zero-order chi connectivity index (χ0) is 37.0. The lowest BCUT2D eigenvalue weighted by molar-refractivity contribution is -0.137. The van der Waals surface area contributed by atoms with Crippen molar-refractivity contribution in [2.24, 2.45) is 0 Å². The van der Waals surface area contributed by atoms with Crippen LogP contribution >= 0.6 is 11.3 Å². The van der Waals surface area contributed by atoms with Crippen LogP contribution in [-0.2, 0) is 6.18 Å². The third kappa shape index (κ3) is 8.97. The van der Waals surface area contributed by atoms with Gasteiger partial charge in [-0.1, -0.05) is 31.3 Å². The molecule has 0 bridgehead atoms. The van der Waals surface area contributed by atoms with Crippen LogP contribution in [0.4, 0.5) is 47.0 Å². The molecule has 2 amide bonds. The van der Waals surface area contributed by atoms with Gasteiger partial charge in [-0.2, -0.15) is 13.2 Å². The Morgan fingerprint density at radius 2 is 1.48 bits per heavy atom. The minimum atomic E-state index is -4.62. The van der Waals surface area contributed by atoms with Gasteiger partial charge in [0.2, 0.25) is 0 Å². The maximum absolute atomic E-state index is 13.9. The molecule has 16 heteroatoms. The summed E-state index contributed by atoms with van der Waals surface area (Å²) in [5, 5.41) is 9.27. The molecule has 2 saturated heterocycles. The number of thiazole rings is 1. The lowest BCUT2D eigenvalue weighted by atomic mass is 10.1. The number of nitrogens with zero attached hydrogens (tertiary/aromatic N) is 7. The van der Waals surface area contributed by atoms with Crippen LogP contribution < -0.4 is 25.8 Å². The number of hydrogen-bond donors (Lipinski definition) is 3. The molecular formula is C36H43F3N10O2S. The second-order valence-corrected chi connectivity index (χ2v) is 13.9. The van der Waals surface area contributed by atoms with Crippen molar-refractivity contribution in [2.75, 3.05) is 91.2 Å². The second kappa shape index (κ2) is 15.8. The highest BCUT2D eigenvalue weighted by molar-refractivity contribution is 7.17. The van der Waals surface area contributed by atoms with Crippen LogP contribution in [0.3, 0.4) is 0 Å². The monoisotopic (exact) mass is 736 g/mol. The molecule has 52 heavy (non-hydrogen) atoms. The summed E-state index contributed by atoms with van der Waals surface area (Å²) in [5.74, 6) is 0.935. The maximum atomic E-state index is 13.9. The molecule has 0 saturated carbocycles. The van der Waals surface area contributed by atoms with Crippen LogP contribution in [0, 0.1) is 13.8 Å². The molecule has 0 spiro atoms. The van der Waals surface area contributed by atoms with Gasteiger partial charge in [-0.3, -0.25) is 9.59 Å². The molecule has 2 aromatic carbocycles. The summed E-state index contributed by atoms with van der Waals surface area (Å²) in [4.78, 5) is 49.2. The number of alkyl halides is 3. The Hall–Kier alpha value is -4.80. The highest BCUT2D eigenvalue weighted by Gasteiger charge is 2.33. The molecule has 12 nitrogen and oxygen atoms in total. The SMILES string of the molecule is CCN1CCN(c2cc(C(=O)Nc3ccc(C)c(NC(=O)c4cnc(Nc5cc(N6CCN(CC)CC6)nc(C)n5)s4)c3)cc(C(F)(F)F)c2)CC1. The predicted octanol–water partition coefficient (Wildman–Crippen LogP) is 6.10. The van der Waals surface area contributed by atoms with E-state index in [1.54, 1.807) is 25.1 Å². The van der Waals surface area contributed by atoms with Crippen molar-refractivity contribution in [3.63, 3.8) is 0 Å². The minimum absolute atomic E-state index is 0.108. The van der Waals surface area contributed by atoms with E-state index in [0.29, 0.717) is 51.8 Å². The number of amides is 2. The molecule has 0 atom stereocenters. The first-order valence-corrected chi connectivity index (χ1v) is 18.2. The fourth-order valence-corrected chi connectivity index (χ4v) is 6.97. The second-order valence-electron chi connectivity index (χ2n) is 12.9. The Morgan fingerprint density at radius 1 is 0.808 bits per heavy atom. The van der Waals surface area contributed by atoms with E-state index in [-0.39, 0.29) is 5.56 Å². The lowest BCUT2D eigenvalue weighted by Gasteiger charge is -2.36. The Balaban J connectivity index is 1.12. The van der Waals surface area contributed by atoms with Gasteiger partial charge < -0.3 is 35.6 Å². The summed E-state index contributed by atoms with van der Waals surface area (Å²) in [6, 6.07) is 10.3. The van der Waals surface area contributed by atoms with Gasteiger partial charge in [-0.15, -0.1) is 0 Å². The topological polar surface area (TPSA) is 122 Å². The van der Waals surface area contributed by atoms with Crippen molar-refractivity contribution < 1.29 is 22.8 Å². The summed E-state index contributed by atoms with van der Waals surface area (Å²) in [7, 11) is 0. The van der Waals surface area contributed by atoms with E-state index < -0.39 is 23.6 Å². The standard InChI is InChI=1S/C36H43F3N10O2S/c1-5-46-9-13-48(14-10-46)28-18-25(17-26(19-28)36(37,38)39)33(50)43-27-8-7-23(3)29(20-27)44-34(51)30-22-40-35(52-30)45-31-21-32(42-24(4)41-31)49-15-11-47(6-2)12-16-49/h7-8,17-22H,5-6,9-16H2,1-4H3,(H,43,50)(H,44,51)(H,40,41,42,45). The molecule has 0 unspecified atom stereocenters. The number of carbonyl (C=O) groups is 2. The van der Waals surface area contributed by atoms with E-state index in [2.05, 4.69) is 52.5 Å². The lowest BCUT2D eigenvalue weighted by Crippen LogP contribution is -2.46. The Bertz CT molecular complexity index is 1900. The van der Waals surface area contributed by atoms with E-state index in [4.69, 9.17) is 0 Å². The highest BCUT2D eigenvalue weighted by atomic mass is 32.1. The van der Waals surface area contributed by atoms with Crippen molar-refractivity contribution in [3.8, 4) is 0 Å². The molecule has 276 valence electrons. The van der Waals surface area contributed by atoms with Gasteiger partial charge in [-0.05, 0) is 62.8 Å². The molecule has 0 aliphatic carbocycles. The summed E-state index contributed by atoms with van der Waals surface area (Å²) >= 11 is 1.16. The molecule has 0 radical (unpaired) electrons. The summed E-state index contributed by atoms with van der Waals surface area (Å²) < 4.78 is 41.7. The van der Waals surface area contributed by atoms with Gasteiger partial charge in [0.05, 0.1) is 11.8 Å². The highest BCUT2D eigenvalue weighted by Crippen LogP contribution is 2.34. The number of piperazine rings is 2. The largest absolute Gasteiger partial charge is 0.416 e. The van der Waals surface area contributed by atoms with Gasteiger partial charge in [-0.25, -0.2) is 15.0 Å². The smallest absolute Gasteiger partial charge is 0.369 e. The molecule has 3 N–H and O–H groups in total. The third-order valence-corrected chi connectivity index (χ3v) is 10.3. The van der Waals surface area contributed by atoms with Crippen molar-refractivity contribution in [1.82, 2.24) is 24.8 Å². The number of hydrogen-bond acceptors (Lipinski definition) is 11.